The Balaban J connectivity index is 0. The Morgan fingerprint density at radius 3 is 2.00 bits per heavy atom. The predicted molar refractivity (Wildman–Crippen MR) is 28.8 cm³/mol. The van der Waals surface area contributed by atoms with Gasteiger partial charge < -0.3 is 5.11 Å². The van der Waals surface area contributed by atoms with E-state index in [1.165, 1.54) is 0 Å². The quantitative estimate of drug-likeness (QED) is 0.498. The zero-order valence-corrected chi connectivity index (χ0v) is 3.28. The topological polar surface area (TPSA) is 20.2 Å². The molecule has 1 nitrogen and oxygen atoms in total. The summed E-state index contributed by atoms with van der Waals surface area (Å²) in [6.45, 7) is 3.80. The summed E-state index contributed by atoms with van der Waals surface area (Å²) in [5.74, 6) is 0. The van der Waals surface area contributed by atoms with Gasteiger partial charge in [-0.15, -0.1) is 0 Å². The molecule has 0 saturated carbocycles. The Morgan fingerprint density at radius 2 is 2.00 bits per heavy atom. The molecule has 0 aromatic heterocycles. The van der Waals surface area contributed by atoms with E-state index in [0.29, 0.717) is 0 Å². The molecule has 33 valence electrons. The second kappa shape index (κ2) is 9.78. The summed E-state index contributed by atoms with van der Waals surface area (Å²) in [5.41, 5.74) is 0. The van der Waals surface area contributed by atoms with E-state index in [-0.39, 0.29) is 58.0 Å². The fourth-order valence-electron chi connectivity index (χ4n) is 0.112. The first-order chi connectivity index (χ1) is 2.41. The summed E-state index contributed by atoms with van der Waals surface area (Å²) in [6.07, 6.45) is 1.68. The summed E-state index contributed by atoms with van der Waals surface area (Å²) in [6, 6.07) is 0. The van der Waals surface area contributed by atoms with Crippen molar-refractivity contribution in [2.45, 2.75) is 12.8 Å². The minimum absolute atomic E-state index is 0. The fourth-order valence-corrected chi connectivity index (χ4v) is 0.112. The second-order valence-electron chi connectivity index (χ2n) is 0.931. The molecule has 0 aromatic rings. The van der Waals surface area contributed by atoms with Crippen molar-refractivity contribution in [1.82, 2.24) is 0 Å². The van der Waals surface area contributed by atoms with Crippen LogP contribution in [0.15, 0.2) is 0 Å². The molecule has 0 spiro atoms. The van der Waals surface area contributed by atoms with Gasteiger partial charge in [0.15, 0.2) is 0 Å². The molecule has 0 aliphatic rings. The van der Waals surface area contributed by atoms with E-state index in [9.17, 15) is 0 Å². The van der Waals surface area contributed by atoms with Crippen molar-refractivity contribution in [3.63, 3.8) is 0 Å². The molecule has 0 atom stereocenters. The van der Waals surface area contributed by atoms with Gasteiger partial charge >= 0.3 is 51.4 Å². The van der Waals surface area contributed by atoms with Crippen molar-refractivity contribution >= 4 is 51.4 Å². The molecular formula is C4H10KO. The maximum absolute atomic E-state index is 8.03. The summed E-state index contributed by atoms with van der Waals surface area (Å²) in [5, 5.41) is 8.03. The Kier molecular flexibility index (Phi) is 17.2. The molecule has 0 heterocycles. The number of aliphatic hydroxyl groups excluding tert-OH is 1. The van der Waals surface area contributed by atoms with Gasteiger partial charge in [-0.25, -0.2) is 0 Å². The van der Waals surface area contributed by atoms with Crippen molar-refractivity contribution in [2.24, 2.45) is 0 Å². The standard InChI is InChI=1S/C4H9O.K.H/c1-2-3-4-5;;/h5H,1-4H2;;. The van der Waals surface area contributed by atoms with Crippen LogP contribution in [0.1, 0.15) is 12.8 Å². The van der Waals surface area contributed by atoms with Crippen LogP contribution in [0.25, 0.3) is 0 Å². The first kappa shape index (κ1) is 10.6. The van der Waals surface area contributed by atoms with Crippen LogP contribution in [0.4, 0.5) is 0 Å². The summed E-state index contributed by atoms with van der Waals surface area (Å²) in [7, 11) is 0. The Morgan fingerprint density at radius 1 is 1.50 bits per heavy atom. The molecule has 2 heteroatoms. The molecule has 6 heavy (non-hydrogen) atoms. The van der Waals surface area contributed by atoms with E-state index in [0.717, 1.165) is 12.8 Å². The van der Waals surface area contributed by atoms with Crippen LogP contribution in [0.2, 0.25) is 0 Å². The Labute approximate surface area is 81.6 Å². The van der Waals surface area contributed by atoms with Crippen LogP contribution in [-0.2, 0) is 0 Å². The fraction of sp³-hybridized carbons (Fsp3) is 0.750. The van der Waals surface area contributed by atoms with E-state index in [1.807, 2.05) is 0 Å². The van der Waals surface area contributed by atoms with Crippen LogP contribution >= 0.6 is 0 Å². The molecule has 0 aliphatic carbocycles. The predicted octanol–water partition coefficient (Wildman–Crippen LogP) is -0.0555. The van der Waals surface area contributed by atoms with E-state index in [2.05, 4.69) is 6.92 Å². The van der Waals surface area contributed by atoms with Crippen LogP contribution < -0.4 is 0 Å². The second-order valence-corrected chi connectivity index (χ2v) is 0.931. The molecule has 0 amide bonds. The summed E-state index contributed by atoms with van der Waals surface area (Å²) >= 11 is 0. The van der Waals surface area contributed by atoms with Crippen LogP contribution in [-0.4, -0.2) is 63.1 Å². The Hall–Kier alpha value is 1.60. The normalized spacial score (nSPS) is 7.00. The van der Waals surface area contributed by atoms with Gasteiger partial charge in [0, 0.05) is 6.61 Å². The van der Waals surface area contributed by atoms with Gasteiger partial charge in [-0.2, -0.15) is 0 Å². The van der Waals surface area contributed by atoms with Gasteiger partial charge in [0.2, 0.25) is 0 Å². The molecule has 0 aliphatic heterocycles. The molecule has 0 fully saturated rings. The monoisotopic (exact) mass is 113 g/mol. The third-order valence-corrected chi connectivity index (χ3v) is 0.408. The van der Waals surface area contributed by atoms with Crippen LogP contribution in [0.5, 0.6) is 0 Å². The maximum atomic E-state index is 8.03. The number of hydrogen-bond donors (Lipinski definition) is 1. The molecular weight excluding hydrogens is 103 g/mol. The zero-order chi connectivity index (χ0) is 4.12. The average molecular weight is 113 g/mol. The molecule has 0 aromatic carbocycles. The van der Waals surface area contributed by atoms with Crippen molar-refractivity contribution in [1.29, 1.82) is 0 Å². The van der Waals surface area contributed by atoms with Gasteiger partial charge in [0.05, 0.1) is 0 Å². The van der Waals surface area contributed by atoms with E-state index in [4.69, 9.17) is 5.11 Å². The van der Waals surface area contributed by atoms with E-state index < -0.39 is 0 Å². The molecule has 0 bridgehead atoms. The molecule has 0 rings (SSSR count). The van der Waals surface area contributed by atoms with Crippen LogP contribution in [0, 0.1) is 6.92 Å². The van der Waals surface area contributed by atoms with Gasteiger partial charge in [-0.1, -0.05) is 13.3 Å². The summed E-state index contributed by atoms with van der Waals surface area (Å²) < 4.78 is 0. The van der Waals surface area contributed by atoms with E-state index in [1.54, 1.807) is 0 Å². The SMILES string of the molecule is [CH2]CCCO.[KH]. The third kappa shape index (κ3) is 9.14. The number of rotatable bonds is 2. The molecule has 0 saturated heterocycles. The minimum atomic E-state index is 0. The van der Waals surface area contributed by atoms with Gasteiger partial charge in [-0.05, 0) is 6.42 Å². The third-order valence-electron chi connectivity index (χ3n) is 0.408. The first-order valence-electron chi connectivity index (χ1n) is 1.82. The van der Waals surface area contributed by atoms with Crippen molar-refractivity contribution in [3.8, 4) is 0 Å². The zero-order valence-electron chi connectivity index (χ0n) is 3.28. The van der Waals surface area contributed by atoms with E-state index >= 15 is 0 Å². The van der Waals surface area contributed by atoms with Crippen LogP contribution in [0.3, 0.4) is 0 Å². The number of hydrogen-bond acceptors (Lipinski definition) is 1. The van der Waals surface area contributed by atoms with Crippen molar-refractivity contribution in [2.75, 3.05) is 6.61 Å². The first-order valence-corrected chi connectivity index (χ1v) is 1.82. The Bertz CT molecular complexity index is 15.0. The van der Waals surface area contributed by atoms with Gasteiger partial charge in [0.1, 0.15) is 0 Å². The molecule has 0 unspecified atom stereocenters. The average Bonchev–Trinajstić information content (AvgIpc) is 1.41. The molecule has 1 radical (unpaired) electrons. The van der Waals surface area contributed by atoms with Gasteiger partial charge in [-0.3, -0.25) is 0 Å². The van der Waals surface area contributed by atoms with Crippen molar-refractivity contribution < 1.29 is 5.11 Å². The number of unbranched alkanes of at least 4 members (excludes halogenated alkanes) is 1. The summed E-state index contributed by atoms with van der Waals surface area (Å²) in [4.78, 5) is 0. The van der Waals surface area contributed by atoms with Crippen molar-refractivity contribution in [3.05, 3.63) is 6.92 Å². The van der Waals surface area contributed by atoms with Gasteiger partial charge in [0.25, 0.3) is 0 Å². The molecule has 1 N–H and O–H groups in total. The number of aliphatic hydroxyl groups is 1.